The second-order valence-electron chi connectivity index (χ2n) is 6.67. The highest BCUT2D eigenvalue weighted by Crippen LogP contribution is 2.39. The van der Waals surface area contributed by atoms with E-state index in [0.29, 0.717) is 25.1 Å². The molecule has 4 rings (SSSR count). The predicted molar refractivity (Wildman–Crippen MR) is 112 cm³/mol. The number of benzene rings is 2. The summed E-state index contributed by atoms with van der Waals surface area (Å²) in [5.41, 5.74) is 3.65. The van der Waals surface area contributed by atoms with Crippen LogP contribution < -0.4 is 9.64 Å². The van der Waals surface area contributed by atoms with E-state index in [1.807, 2.05) is 60.8 Å². The quantitative estimate of drug-likeness (QED) is 0.675. The molecule has 0 aliphatic carbocycles. The highest BCUT2D eigenvalue weighted by Gasteiger charge is 2.33. The number of amides is 1. The van der Waals surface area contributed by atoms with Crippen LogP contribution in [0.15, 0.2) is 53.9 Å². The minimum absolute atomic E-state index is 0.0446. The van der Waals surface area contributed by atoms with E-state index < -0.39 is 6.10 Å². The molecule has 1 atom stereocenters. The highest BCUT2D eigenvalue weighted by atomic mass is 32.1. The predicted octanol–water partition coefficient (Wildman–Crippen LogP) is 4.36. The molecule has 2 heterocycles. The Hall–Kier alpha value is -2.70. The van der Waals surface area contributed by atoms with Crippen molar-refractivity contribution in [2.45, 2.75) is 25.9 Å². The third-order valence-corrected chi connectivity index (χ3v) is 5.68. The Kier molecular flexibility index (Phi) is 5.41. The van der Waals surface area contributed by atoms with Gasteiger partial charge < -0.3 is 14.7 Å². The maximum atomic E-state index is 12.8. The molecular weight excluding hydrogens is 372 g/mol. The summed E-state index contributed by atoms with van der Waals surface area (Å²) in [7, 11) is 0. The van der Waals surface area contributed by atoms with Gasteiger partial charge in [0.15, 0.2) is 6.10 Å². The second kappa shape index (κ2) is 8.12. The van der Waals surface area contributed by atoms with Crippen LogP contribution in [-0.4, -0.2) is 35.3 Å². The van der Waals surface area contributed by atoms with Gasteiger partial charge in [-0.2, -0.15) is 0 Å². The molecule has 1 aliphatic heterocycles. The number of hydrogen-bond donors (Lipinski definition) is 1. The van der Waals surface area contributed by atoms with Crippen LogP contribution in [0.5, 0.6) is 5.75 Å². The Morgan fingerprint density at radius 2 is 2.00 bits per heavy atom. The summed E-state index contributed by atoms with van der Waals surface area (Å²) in [4.78, 5) is 19.3. The molecule has 28 heavy (non-hydrogen) atoms. The fourth-order valence-corrected chi connectivity index (χ4v) is 4.16. The van der Waals surface area contributed by atoms with Crippen molar-refractivity contribution in [3.8, 4) is 27.6 Å². The average Bonchev–Trinajstić information content (AvgIpc) is 3.23. The SMILES string of the molecule is CCC1Oc2ccc(-c3csc(-c4ccccc4)n3)cc2N(CCCO)C1=O. The minimum atomic E-state index is -0.471. The number of fused-ring (bicyclic) bond motifs is 1. The van der Waals surface area contributed by atoms with Crippen molar-refractivity contribution in [3.63, 3.8) is 0 Å². The molecule has 1 aromatic heterocycles. The third kappa shape index (κ3) is 3.53. The maximum absolute atomic E-state index is 12.8. The number of rotatable bonds is 6. The molecule has 0 radical (unpaired) electrons. The zero-order valence-corrected chi connectivity index (χ0v) is 16.5. The Morgan fingerprint density at radius 3 is 2.75 bits per heavy atom. The standard InChI is InChI=1S/C22H22N2O3S/c1-2-19-22(26)24(11-6-12-25)18-13-16(9-10-20(18)27-19)17-14-28-21(23-17)15-7-4-3-5-8-15/h3-5,7-10,13-14,19,25H,2,6,11-12H2,1H3. The van der Waals surface area contributed by atoms with E-state index >= 15 is 0 Å². The number of hydrogen-bond acceptors (Lipinski definition) is 5. The van der Waals surface area contributed by atoms with Crippen LogP contribution >= 0.6 is 11.3 Å². The first kappa shape index (κ1) is 18.7. The monoisotopic (exact) mass is 394 g/mol. The molecule has 1 unspecified atom stereocenters. The van der Waals surface area contributed by atoms with E-state index in [1.54, 1.807) is 16.2 Å². The number of thiazole rings is 1. The molecule has 1 N–H and O–H groups in total. The normalized spacial score (nSPS) is 16.0. The molecule has 0 fully saturated rings. The first-order valence-electron chi connectivity index (χ1n) is 9.45. The molecule has 6 heteroatoms. The van der Waals surface area contributed by atoms with Crippen LogP contribution in [0.2, 0.25) is 0 Å². The lowest BCUT2D eigenvalue weighted by atomic mass is 10.1. The van der Waals surface area contributed by atoms with Gasteiger partial charge in [-0.3, -0.25) is 4.79 Å². The molecule has 0 spiro atoms. The van der Waals surface area contributed by atoms with E-state index in [2.05, 4.69) is 0 Å². The van der Waals surface area contributed by atoms with E-state index in [0.717, 1.165) is 27.5 Å². The largest absolute Gasteiger partial charge is 0.478 e. The second-order valence-corrected chi connectivity index (χ2v) is 7.53. The molecule has 0 saturated heterocycles. The number of anilines is 1. The summed E-state index contributed by atoms with van der Waals surface area (Å²) in [6, 6.07) is 15.9. The van der Waals surface area contributed by atoms with Gasteiger partial charge in [-0.1, -0.05) is 37.3 Å². The molecule has 5 nitrogen and oxygen atoms in total. The Bertz CT molecular complexity index is 971. The highest BCUT2D eigenvalue weighted by molar-refractivity contribution is 7.13. The first-order valence-corrected chi connectivity index (χ1v) is 10.3. The van der Waals surface area contributed by atoms with E-state index in [4.69, 9.17) is 9.72 Å². The number of nitrogens with zero attached hydrogens (tertiary/aromatic N) is 2. The van der Waals surface area contributed by atoms with Gasteiger partial charge in [0, 0.05) is 29.7 Å². The third-order valence-electron chi connectivity index (χ3n) is 4.79. The maximum Gasteiger partial charge on any atom is 0.268 e. The molecule has 1 aliphatic rings. The summed E-state index contributed by atoms with van der Waals surface area (Å²) < 4.78 is 5.90. The summed E-state index contributed by atoms with van der Waals surface area (Å²) in [6.07, 6.45) is 0.670. The van der Waals surface area contributed by atoms with E-state index in [1.165, 1.54) is 0 Å². The fraction of sp³-hybridized carbons (Fsp3) is 0.273. The van der Waals surface area contributed by atoms with E-state index in [9.17, 15) is 9.90 Å². The van der Waals surface area contributed by atoms with Gasteiger partial charge in [0.25, 0.3) is 5.91 Å². The number of aliphatic hydroxyl groups excluding tert-OH is 1. The number of aromatic nitrogens is 1. The first-order chi connectivity index (χ1) is 13.7. The van der Waals surface area contributed by atoms with Crippen molar-refractivity contribution in [3.05, 3.63) is 53.9 Å². The molecule has 1 amide bonds. The average molecular weight is 394 g/mol. The van der Waals surface area contributed by atoms with Crippen molar-refractivity contribution in [1.29, 1.82) is 0 Å². The van der Waals surface area contributed by atoms with Crippen molar-refractivity contribution < 1.29 is 14.6 Å². The minimum Gasteiger partial charge on any atom is -0.478 e. The van der Waals surface area contributed by atoms with Crippen LogP contribution in [0.1, 0.15) is 19.8 Å². The Balaban J connectivity index is 1.69. The number of aliphatic hydroxyl groups is 1. The zero-order chi connectivity index (χ0) is 19.5. The lowest BCUT2D eigenvalue weighted by Crippen LogP contribution is -2.46. The summed E-state index contributed by atoms with van der Waals surface area (Å²) in [5, 5.41) is 12.2. The van der Waals surface area contributed by atoms with Crippen LogP contribution in [0.4, 0.5) is 5.69 Å². The van der Waals surface area contributed by atoms with Gasteiger partial charge in [0.05, 0.1) is 11.4 Å². The zero-order valence-electron chi connectivity index (χ0n) is 15.7. The molecular formula is C22H22N2O3S. The molecule has 144 valence electrons. The van der Waals surface area contributed by atoms with Crippen LogP contribution in [0.3, 0.4) is 0 Å². The topological polar surface area (TPSA) is 62.7 Å². The van der Waals surface area contributed by atoms with Gasteiger partial charge >= 0.3 is 0 Å². The van der Waals surface area contributed by atoms with Crippen LogP contribution in [0, 0.1) is 0 Å². The Labute approximate surface area is 168 Å². The lowest BCUT2D eigenvalue weighted by Gasteiger charge is -2.34. The van der Waals surface area contributed by atoms with Gasteiger partial charge in [0.2, 0.25) is 0 Å². The summed E-state index contributed by atoms with van der Waals surface area (Å²) in [6.45, 7) is 2.45. The van der Waals surface area contributed by atoms with Gasteiger partial charge in [0.1, 0.15) is 10.8 Å². The number of carbonyl (C=O) groups is 1. The van der Waals surface area contributed by atoms with Gasteiger partial charge in [-0.25, -0.2) is 4.98 Å². The molecule has 0 bridgehead atoms. The Morgan fingerprint density at radius 1 is 1.18 bits per heavy atom. The van der Waals surface area contributed by atoms with Crippen molar-refractivity contribution >= 4 is 22.9 Å². The fourth-order valence-electron chi connectivity index (χ4n) is 3.32. The number of ether oxygens (including phenoxy) is 1. The molecule has 3 aromatic rings. The van der Waals surface area contributed by atoms with Gasteiger partial charge in [-0.15, -0.1) is 11.3 Å². The van der Waals surface area contributed by atoms with Crippen molar-refractivity contribution in [1.82, 2.24) is 4.98 Å². The molecule has 0 saturated carbocycles. The summed E-state index contributed by atoms with van der Waals surface area (Å²) in [5.74, 6) is 0.649. The van der Waals surface area contributed by atoms with Crippen LogP contribution in [0.25, 0.3) is 21.8 Å². The van der Waals surface area contributed by atoms with Crippen molar-refractivity contribution in [2.24, 2.45) is 0 Å². The summed E-state index contributed by atoms with van der Waals surface area (Å²) >= 11 is 1.60. The number of carbonyl (C=O) groups excluding carboxylic acids is 1. The molecule has 2 aromatic carbocycles. The lowest BCUT2D eigenvalue weighted by molar-refractivity contribution is -0.126. The van der Waals surface area contributed by atoms with E-state index in [-0.39, 0.29) is 12.5 Å². The smallest absolute Gasteiger partial charge is 0.268 e. The van der Waals surface area contributed by atoms with Gasteiger partial charge in [-0.05, 0) is 31.0 Å². The van der Waals surface area contributed by atoms with Crippen molar-refractivity contribution in [2.75, 3.05) is 18.1 Å². The van der Waals surface area contributed by atoms with Crippen LogP contribution in [-0.2, 0) is 4.79 Å².